The van der Waals surface area contributed by atoms with Gasteiger partial charge < -0.3 is 20.3 Å². The molecule has 0 spiro atoms. The highest BCUT2D eigenvalue weighted by molar-refractivity contribution is 6.31. The van der Waals surface area contributed by atoms with Crippen LogP contribution in [0.25, 0.3) is 0 Å². The van der Waals surface area contributed by atoms with Crippen LogP contribution in [-0.4, -0.2) is 37.0 Å². The van der Waals surface area contributed by atoms with Gasteiger partial charge in [-0.05, 0) is 35.7 Å². The molecule has 0 saturated heterocycles. The van der Waals surface area contributed by atoms with Crippen molar-refractivity contribution in [3.63, 3.8) is 0 Å². The van der Waals surface area contributed by atoms with Crippen molar-refractivity contribution in [2.24, 2.45) is 0 Å². The van der Waals surface area contributed by atoms with Crippen molar-refractivity contribution in [2.75, 3.05) is 20.2 Å². The Hall–Kier alpha value is -2.99. The molecule has 0 saturated carbocycles. The monoisotopic (exact) mass is 397 g/mol. The topological polar surface area (TPSA) is 70.7 Å². The third kappa shape index (κ3) is 3.43. The van der Waals surface area contributed by atoms with Gasteiger partial charge in [-0.15, -0.1) is 0 Å². The van der Waals surface area contributed by atoms with Crippen LogP contribution in [0.15, 0.2) is 59.8 Å². The van der Waals surface area contributed by atoms with Crippen molar-refractivity contribution in [1.82, 2.24) is 15.5 Å². The smallest absolute Gasteiger partial charge is 0.319 e. The largest absolute Gasteiger partial charge is 0.497 e. The van der Waals surface area contributed by atoms with E-state index in [9.17, 15) is 9.59 Å². The van der Waals surface area contributed by atoms with Gasteiger partial charge in [0.05, 0.1) is 31.0 Å². The second-order valence-electron chi connectivity index (χ2n) is 6.77. The van der Waals surface area contributed by atoms with Gasteiger partial charge in [0, 0.05) is 11.6 Å². The Morgan fingerprint density at radius 3 is 2.61 bits per heavy atom. The Morgan fingerprint density at radius 1 is 1.14 bits per heavy atom. The van der Waals surface area contributed by atoms with Gasteiger partial charge in [-0.2, -0.15) is 0 Å². The molecule has 0 bridgehead atoms. The Kier molecular flexibility index (Phi) is 4.96. The highest BCUT2D eigenvalue weighted by Crippen LogP contribution is 2.35. The first-order valence-electron chi connectivity index (χ1n) is 9.04. The van der Waals surface area contributed by atoms with E-state index in [1.54, 1.807) is 18.1 Å². The van der Waals surface area contributed by atoms with Crippen LogP contribution >= 0.6 is 11.6 Å². The van der Waals surface area contributed by atoms with Crippen molar-refractivity contribution < 1.29 is 14.3 Å². The first-order chi connectivity index (χ1) is 13.6. The average Bonchev–Trinajstić information content (AvgIpc) is 3.02. The summed E-state index contributed by atoms with van der Waals surface area (Å²) in [5.74, 6) is 0.718. The lowest BCUT2D eigenvalue weighted by atomic mass is 9.96. The van der Waals surface area contributed by atoms with E-state index in [2.05, 4.69) is 10.6 Å². The van der Waals surface area contributed by atoms with Crippen LogP contribution in [0.2, 0.25) is 5.02 Å². The Labute approximate surface area is 168 Å². The molecule has 4 rings (SSSR count). The molecule has 2 aromatic carbocycles. The predicted octanol–water partition coefficient (Wildman–Crippen LogP) is 3.04. The van der Waals surface area contributed by atoms with Gasteiger partial charge in [0.15, 0.2) is 0 Å². The van der Waals surface area contributed by atoms with Crippen LogP contribution < -0.4 is 15.4 Å². The quantitative estimate of drug-likeness (QED) is 0.814. The molecule has 0 aliphatic carbocycles. The molecule has 3 amide bonds. The van der Waals surface area contributed by atoms with E-state index < -0.39 is 6.04 Å². The number of carbonyl (C=O) groups excluding carboxylic acids is 2. The molecule has 2 aromatic rings. The number of urea groups is 1. The van der Waals surface area contributed by atoms with Gasteiger partial charge in [-0.1, -0.05) is 41.9 Å². The summed E-state index contributed by atoms with van der Waals surface area (Å²) in [5, 5.41) is 6.13. The normalized spacial score (nSPS) is 18.6. The maximum absolute atomic E-state index is 13.1. The molecular formula is C21H20ClN3O3. The molecule has 28 heavy (non-hydrogen) atoms. The van der Waals surface area contributed by atoms with E-state index >= 15 is 0 Å². The lowest BCUT2D eigenvalue weighted by Crippen LogP contribution is -2.44. The standard InChI is InChI=1S/C21H20ClN3O3/c1-28-14-8-6-13(7-9-14)10-11-25-12-17-18(20(25)26)19(24-21(27)23-17)15-4-2-3-5-16(15)22/h2-9,19H,10-12H2,1H3,(H2,23,24,27). The SMILES string of the molecule is COc1ccc(CCN2CC3=C(C2=O)C(c2ccccc2Cl)NC(=O)N3)cc1. The molecule has 7 heteroatoms. The summed E-state index contributed by atoms with van der Waals surface area (Å²) in [6.45, 7) is 0.946. The summed E-state index contributed by atoms with van der Waals surface area (Å²) in [6.07, 6.45) is 0.717. The first kappa shape index (κ1) is 18.4. The number of amides is 3. The van der Waals surface area contributed by atoms with Gasteiger partial charge in [0.2, 0.25) is 0 Å². The van der Waals surface area contributed by atoms with E-state index in [1.807, 2.05) is 42.5 Å². The third-order valence-corrected chi connectivity index (χ3v) is 5.41. The molecule has 1 unspecified atom stereocenters. The van der Waals surface area contributed by atoms with E-state index in [4.69, 9.17) is 16.3 Å². The molecule has 2 heterocycles. The minimum atomic E-state index is -0.545. The number of benzene rings is 2. The van der Waals surface area contributed by atoms with E-state index in [0.717, 1.165) is 16.9 Å². The van der Waals surface area contributed by atoms with Crippen molar-refractivity contribution in [2.45, 2.75) is 12.5 Å². The van der Waals surface area contributed by atoms with E-state index in [-0.39, 0.29) is 11.9 Å². The second-order valence-corrected chi connectivity index (χ2v) is 7.18. The Balaban J connectivity index is 1.52. The van der Waals surface area contributed by atoms with Crippen LogP contribution in [-0.2, 0) is 11.2 Å². The fraction of sp³-hybridized carbons (Fsp3) is 0.238. The highest BCUT2D eigenvalue weighted by atomic mass is 35.5. The second kappa shape index (κ2) is 7.56. The van der Waals surface area contributed by atoms with Crippen LogP contribution in [0.4, 0.5) is 4.79 Å². The van der Waals surface area contributed by atoms with Gasteiger partial charge in [0.25, 0.3) is 5.91 Å². The van der Waals surface area contributed by atoms with E-state index in [1.165, 1.54) is 0 Å². The lowest BCUT2D eigenvalue weighted by molar-refractivity contribution is -0.125. The minimum absolute atomic E-state index is 0.0825. The average molecular weight is 398 g/mol. The van der Waals surface area contributed by atoms with Crippen LogP contribution in [0, 0.1) is 0 Å². The minimum Gasteiger partial charge on any atom is -0.497 e. The number of halogens is 1. The molecule has 1 atom stereocenters. The van der Waals surface area contributed by atoms with Crippen molar-refractivity contribution >= 4 is 23.5 Å². The number of hydrogen-bond acceptors (Lipinski definition) is 3. The number of hydrogen-bond donors (Lipinski definition) is 2. The number of nitrogens with zero attached hydrogens (tertiary/aromatic N) is 1. The zero-order valence-corrected chi connectivity index (χ0v) is 16.1. The number of ether oxygens (including phenoxy) is 1. The maximum Gasteiger partial charge on any atom is 0.319 e. The zero-order valence-electron chi connectivity index (χ0n) is 15.4. The predicted molar refractivity (Wildman–Crippen MR) is 106 cm³/mol. The number of carbonyl (C=O) groups is 2. The van der Waals surface area contributed by atoms with Gasteiger partial charge >= 0.3 is 6.03 Å². The van der Waals surface area contributed by atoms with Gasteiger partial charge in [-0.3, -0.25) is 4.79 Å². The molecule has 6 nitrogen and oxygen atoms in total. The molecule has 0 fully saturated rings. The summed E-state index contributed by atoms with van der Waals surface area (Å²) < 4.78 is 5.17. The van der Waals surface area contributed by atoms with Crippen LogP contribution in [0.3, 0.4) is 0 Å². The van der Waals surface area contributed by atoms with Gasteiger partial charge in [-0.25, -0.2) is 4.79 Å². The van der Waals surface area contributed by atoms with Crippen LogP contribution in [0.5, 0.6) is 5.75 Å². The Bertz CT molecular complexity index is 956. The maximum atomic E-state index is 13.1. The molecule has 2 aliphatic heterocycles. The highest BCUT2D eigenvalue weighted by Gasteiger charge is 2.40. The molecule has 0 aromatic heterocycles. The summed E-state index contributed by atoms with van der Waals surface area (Å²) in [5.41, 5.74) is 3.04. The fourth-order valence-corrected chi connectivity index (χ4v) is 3.85. The molecule has 2 N–H and O–H groups in total. The molecule has 144 valence electrons. The number of rotatable bonds is 5. The summed E-state index contributed by atoms with van der Waals surface area (Å²) >= 11 is 6.32. The zero-order chi connectivity index (χ0) is 19.7. The number of methoxy groups -OCH3 is 1. The summed E-state index contributed by atoms with van der Waals surface area (Å²) in [4.78, 5) is 26.9. The molecule has 2 aliphatic rings. The lowest BCUT2D eigenvalue weighted by Gasteiger charge is -2.26. The number of nitrogens with one attached hydrogen (secondary N) is 2. The van der Waals surface area contributed by atoms with Crippen molar-refractivity contribution in [3.05, 3.63) is 76.0 Å². The van der Waals surface area contributed by atoms with Crippen LogP contribution in [0.1, 0.15) is 17.2 Å². The summed E-state index contributed by atoms with van der Waals surface area (Å²) in [7, 11) is 1.63. The fourth-order valence-electron chi connectivity index (χ4n) is 3.61. The summed E-state index contributed by atoms with van der Waals surface area (Å²) in [6, 6.07) is 14.2. The molecule has 0 radical (unpaired) electrons. The van der Waals surface area contributed by atoms with Crippen molar-refractivity contribution in [1.29, 1.82) is 0 Å². The van der Waals surface area contributed by atoms with E-state index in [0.29, 0.717) is 35.8 Å². The Morgan fingerprint density at radius 2 is 1.89 bits per heavy atom. The third-order valence-electron chi connectivity index (χ3n) is 5.07. The first-order valence-corrected chi connectivity index (χ1v) is 9.42. The molecular weight excluding hydrogens is 378 g/mol. The van der Waals surface area contributed by atoms with Gasteiger partial charge in [0.1, 0.15) is 5.75 Å². The van der Waals surface area contributed by atoms with Crippen molar-refractivity contribution in [3.8, 4) is 5.75 Å².